The molecule has 0 aliphatic heterocycles. The topological polar surface area (TPSA) is 42.2 Å². The second-order valence-electron chi connectivity index (χ2n) is 5.51. The Labute approximate surface area is 114 Å². The first-order valence-corrected chi connectivity index (χ1v) is 7.43. The van der Waals surface area contributed by atoms with E-state index in [0.717, 1.165) is 30.5 Å². The number of nitrogens with one attached hydrogen (secondary N) is 1. The lowest BCUT2D eigenvalue weighted by Crippen LogP contribution is -2.20. The van der Waals surface area contributed by atoms with Gasteiger partial charge in [0.1, 0.15) is 0 Å². The molecule has 0 aromatic carbocycles. The molecular formula is C15H22N4. The predicted molar refractivity (Wildman–Crippen MR) is 75.9 cm³/mol. The standard InChI is InChI=1S/C15H22N4/c1-2-6-13(7-3-1)9-10-16-12-15-18-17-14-8-4-5-11-19(14)15/h4-5,8,11,13,16H,1-3,6-7,9-10,12H2. The van der Waals surface area contributed by atoms with Gasteiger partial charge in [-0.2, -0.15) is 0 Å². The maximum atomic E-state index is 4.23. The molecule has 19 heavy (non-hydrogen) atoms. The second kappa shape index (κ2) is 6.15. The maximum Gasteiger partial charge on any atom is 0.160 e. The Morgan fingerprint density at radius 2 is 2.05 bits per heavy atom. The molecule has 0 spiro atoms. The van der Waals surface area contributed by atoms with Crippen molar-refractivity contribution < 1.29 is 0 Å². The smallest absolute Gasteiger partial charge is 0.160 e. The van der Waals surface area contributed by atoms with E-state index in [0.29, 0.717) is 0 Å². The molecule has 1 saturated carbocycles. The van der Waals surface area contributed by atoms with Crippen LogP contribution >= 0.6 is 0 Å². The molecule has 4 nitrogen and oxygen atoms in total. The molecular weight excluding hydrogens is 236 g/mol. The van der Waals surface area contributed by atoms with Gasteiger partial charge in [-0.1, -0.05) is 38.2 Å². The van der Waals surface area contributed by atoms with Gasteiger partial charge in [-0.25, -0.2) is 0 Å². The van der Waals surface area contributed by atoms with Crippen molar-refractivity contribution >= 4 is 5.65 Å². The fourth-order valence-electron chi connectivity index (χ4n) is 2.99. The molecule has 2 heterocycles. The molecule has 0 saturated heterocycles. The van der Waals surface area contributed by atoms with Crippen LogP contribution < -0.4 is 5.32 Å². The average molecular weight is 258 g/mol. The first kappa shape index (κ1) is 12.6. The monoisotopic (exact) mass is 258 g/mol. The van der Waals surface area contributed by atoms with Crippen molar-refractivity contribution in [3.63, 3.8) is 0 Å². The third kappa shape index (κ3) is 3.13. The van der Waals surface area contributed by atoms with Crippen LogP contribution in [0, 0.1) is 5.92 Å². The van der Waals surface area contributed by atoms with Crippen molar-refractivity contribution in [2.45, 2.75) is 45.1 Å². The van der Waals surface area contributed by atoms with Crippen LogP contribution in [0.25, 0.3) is 5.65 Å². The van der Waals surface area contributed by atoms with Crippen LogP contribution in [0.4, 0.5) is 0 Å². The molecule has 102 valence electrons. The van der Waals surface area contributed by atoms with E-state index in [1.54, 1.807) is 0 Å². The minimum atomic E-state index is 0.803. The molecule has 2 aromatic heterocycles. The number of aromatic nitrogens is 3. The summed E-state index contributed by atoms with van der Waals surface area (Å²) in [5.74, 6) is 1.94. The molecule has 0 unspecified atom stereocenters. The molecule has 0 bridgehead atoms. The lowest BCUT2D eigenvalue weighted by Gasteiger charge is -2.21. The van der Waals surface area contributed by atoms with E-state index < -0.39 is 0 Å². The summed E-state index contributed by atoms with van der Waals surface area (Å²) in [4.78, 5) is 0. The van der Waals surface area contributed by atoms with Crippen LogP contribution in [-0.2, 0) is 6.54 Å². The van der Waals surface area contributed by atoms with Gasteiger partial charge < -0.3 is 5.32 Å². The summed E-state index contributed by atoms with van der Waals surface area (Å²) in [5.41, 5.74) is 0.923. The SMILES string of the molecule is c1ccn2c(CNCCC3CCCCC3)nnc2c1. The second-order valence-corrected chi connectivity index (χ2v) is 5.51. The van der Waals surface area contributed by atoms with E-state index >= 15 is 0 Å². The summed E-state index contributed by atoms with van der Waals surface area (Å²) >= 11 is 0. The number of hydrogen-bond donors (Lipinski definition) is 1. The lowest BCUT2D eigenvalue weighted by molar-refractivity contribution is 0.333. The molecule has 0 amide bonds. The largest absolute Gasteiger partial charge is 0.310 e. The molecule has 1 aliphatic carbocycles. The zero-order valence-electron chi connectivity index (χ0n) is 11.4. The van der Waals surface area contributed by atoms with Crippen LogP contribution in [0.1, 0.15) is 44.3 Å². The molecule has 3 rings (SSSR count). The van der Waals surface area contributed by atoms with E-state index in [1.807, 2.05) is 28.8 Å². The summed E-state index contributed by atoms with van der Waals surface area (Å²) in [6.07, 6.45) is 10.5. The summed E-state index contributed by atoms with van der Waals surface area (Å²) in [6, 6.07) is 5.99. The van der Waals surface area contributed by atoms with Crippen LogP contribution in [0.15, 0.2) is 24.4 Å². The highest BCUT2D eigenvalue weighted by atomic mass is 15.3. The maximum absolute atomic E-state index is 4.23. The minimum Gasteiger partial charge on any atom is -0.310 e. The molecule has 2 aromatic rings. The fourth-order valence-corrected chi connectivity index (χ4v) is 2.99. The van der Waals surface area contributed by atoms with Crippen LogP contribution in [0.2, 0.25) is 0 Å². The number of hydrogen-bond acceptors (Lipinski definition) is 3. The zero-order valence-corrected chi connectivity index (χ0v) is 11.4. The van der Waals surface area contributed by atoms with Gasteiger partial charge in [0.15, 0.2) is 11.5 Å². The number of rotatable bonds is 5. The quantitative estimate of drug-likeness (QED) is 0.839. The Balaban J connectivity index is 1.47. The highest BCUT2D eigenvalue weighted by Crippen LogP contribution is 2.25. The van der Waals surface area contributed by atoms with Crippen molar-refractivity contribution in [1.29, 1.82) is 0 Å². The molecule has 0 radical (unpaired) electrons. The molecule has 1 fully saturated rings. The minimum absolute atomic E-state index is 0.803. The fraction of sp³-hybridized carbons (Fsp3) is 0.600. The van der Waals surface area contributed by atoms with Crippen molar-refractivity contribution in [3.05, 3.63) is 30.2 Å². The van der Waals surface area contributed by atoms with Gasteiger partial charge in [0.2, 0.25) is 0 Å². The van der Waals surface area contributed by atoms with Crippen LogP contribution in [-0.4, -0.2) is 21.1 Å². The Bertz CT molecular complexity index is 514. The number of nitrogens with zero attached hydrogens (tertiary/aromatic N) is 3. The first-order chi connectivity index (χ1) is 9.43. The van der Waals surface area contributed by atoms with Gasteiger partial charge >= 0.3 is 0 Å². The van der Waals surface area contributed by atoms with Crippen molar-refractivity contribution in [2.75, 3.05) is 6.54 Å². The lowest BCUT2D eigenvalue weighted by atomic mass is 9.87. The summed E-state index contributed by atoms with van der Waals surface area (Å²) in [7, 11) is 0. The van der Waals surface area contributed by atoms with E-state index in [9.17, 15) is 0 Å². The van der Waals surface area contributed by atoms with E-state index in [-0.39, 0.29) is 0 Å². The van der Waals surface area contributed by atoms with Gasteiger partial charge in [-0.15, -0.1) is 10.2 Å². The van der Waals surface area contributed by atoms with Crippen molar-refractivity contribution in [1.82, 2.24) is 19.9 Å². The average Bonchev–Trinajstić information content (AvgIpc) is 2.88. The van der Waals surface area contributed by atoms with Crippen LogP contribution in [0.5, 0.6) is 0 Å². The third-order valence-corrected chi connectivity index (χ3v) is 4.12. The Morgan fingerprint density at radius 1 is 1.16 bits per heavy atom. The Hall–Kier alpha value is -1.42. The van der Waals surface area contributed by atoms with E-state index in [4.69, 9.17) is 0 Å². The molecule has 1 aliphatic rings. The van der Waals surface area contributed by atoms with Crippen molar-refractivity contribution in [2.24, 2.45) is 5.92 Å². The summed E-state index contributed by atoms with van der Waals surface area (Å²) in [5, 5.41) is 11.9. The molecule has 0 atom stereocenters. The Morgan fingerprint density at radius 3 is 2.95 bits per heavy atom. The summed E-state index contributed by atoms with van der Waals surface area (Å²) < 4.78 is 2.05. The predicted octanol–water partition coefficient (Wildman–Crippen LogP) is 2.79. The van der Waals surface area contributed by atoms with Gasteiger partial charge in [0.05, 0.1) is 6.54 Å². The normalized spacial score (nSPS) is 17.1. The van der Waals surface area contributed by atoms with E-state index in [1.165, 1.54) is 38.5 Å². The van der Waals surface area contributed by atoms with Gasteiger partial charge in [0.25, 0.3) is 0 Å². The third-order valence-electron chi connectivity index (χ3n) is 4.12. The molecule has 1 N–H and O–H groups in total. The van der Waals surface area contributed by atoms with Gasteiger partial charge in [-0.05, 0) is 31.0 Å². The summed E-state index contributed by atoms with van der Waals surface area (Å²) in [6.45, 7) is 1.89. The van der Waals surface area contributed by atoms with Gasteiger partial charge in [0, 0.05) is 6.20 Å². The number of fused-ring (bicyclic) bond motifs is 1. The number of pyridine rings is 1. The highest BCUT2D eigenvalue weighted by Gasteiger charge is 2.12. The van der Waals surface area contributed by atoms with E-state index in [2.05, 4.69) is 15.5 Å². The highest BCUT2D eigenvalue weighted by molar-refractivity contribution is 5.36. The first-order valence-electron chi connectivity index (χ1n) is 7.43. The Kier molecular flexibility index (Phi) is 4.08. The van der Waals surface area contributed by atoms with Crippen LogP contribution in [0.3, 0.4) is 0 Å². The van der Waals surface area contributed by atoms with Crippen molar-refractivity contribution in [3.8, 4) is 0 Å². The molecule has 4 heteroatoms. The van der Waals surface area contributed by atoms with Gasteiger partial charge in [-0.3, -0.25) is 4.40 Å². The zero-order chi connectivity index (χ0) is 12.9.